The number of nitrogens with one attached hydrogen (secondary N) is 1. The first-order chi connectivity index (χ1) is 9.56. The molecule has 2 rings (SSSR count). The van der Waals surface area contributed by atoms with Crippen LogP contribution in [0.5, 0.6) is 0 Å². The Morgan fingerprint density at radius 1 is 1.05 bits per heavy atom. The van der Waals surface area contributed by atoms with Crippen LogP contribution in [0, 0.1) is 12.7 Å². The third kappa shape index (κ3) is 4.20. The molecule has 0 radical (unpaired) electrons. The Morgan fingerprint density at radius 2 is 1.85 bits per heavy atom. The molecule has 0 heterocycles. The van der Waals surface area contributed by atoms with Crippen molar-refractivity contribution in [1.29, 1.82) is 0 Å². The number of halogens is 3. The van der Waals surface area contributed by atoms with Crippen molar-refractivity contribution >= 4 is 23.2 Å². The maximum atomic E-state index is 13.0. The third-order valence-corrected chi connectivity index (χ3v) is 3.80. The first-order valence-electron chi connectivity index (χ1n) is 6.46. The molecule has 0 aliphatic carbocycles. The molecule has 1 nitrogen and oxygen atoms in total. The monoisotopic (exact) mass is 311 g/mol. The highest BCUT2D eigenvalue weighted by atomic mass is 35.5. The van der Waals surface area contributed by atoms with Crippen molar-refractivity contribution in [2.45, 2.75) is 19.9 Å². The minimum absolute atomic E-state index is 0.190. The van der Waals surface area contributed by atoms with Gasteiger partial charge in [0.15, 0.2) is 0 Å². The van der Waals surface area contributed by atoms with E-state index in [1.165, 1.54) is 6.07 Å². The molecule has 0 atom stereocenters. The summed E-state index contributed by atoms with van der Waals surface area (Å²) in [6.45, 7) is 3.39. The second-order valence-electron chi connectivity index (χ2n) is 4.73. The molecule has 0 aliphatic rings. The van der Waals surface area contributed by atoms with E-state index in [0.29, 0.717) is 16.6 Å². The van der Waals surface area contributed by atoms with Crippen LogP contribution in [0.15, 0.2) is 36.4 Å². The SMILES string of the molecule is Cc1cc(F)ccc1CCNCc1cc(Cl)ccc1Cl. The predicted octanol–water partition coefficient (Wildman–Crippen LogP) is 4.77. The van der Waals surface area contributed by atoms with Gasteiger partial charge in [0.1, 0.15) is 5.82 Å². The predicted molar refractivity (Wildman–Crippen MR) is 83.0 cm³/mol. The lowest BCUT2D eigenvalue weighted by atomic mass is 10.1. The Bertz CT molecular complexity index is 599. The van der Waals surface area contributed by atoms with Crippen LogP contribution in [-0.2, 0) is 13.0 Å². The van der Waals surface area contributed by atoms with Crippen LogP contribution in [0.1, 0.15) is 16.7 Å². The Hall–Kier alpha value is -1.09. The molecule has 20 heavy (non-hydrogen) atoms. The fourth-order valence-electron chi connectivity index (χ4n) is 2.06. The van der Waals surface area contributed by atoms with Crippen LogP contribution < -0.4 is 5.32 Å². The van der Waals surface area contributed by atoms with Gasteiger partial charge in [-0.25, -0.2) is 4.39 Å². The number of rotatable bonds is 5. The maximum Gasteiger partial charge on any atom is 0.123 e. The first kappa shape index (κ1) is 15.3. The van der Waals surface area contributed by atoms with Gasteiger partial charge >= 0.3 is 0 Å². The van der Waals surface area contributed by atoms with Gasteiger partial charge in [0, 0.05) is 16.6 Å². The lowest BCUT2D eigenvalue weighted by Gasteiger charge is -2.09. The van der Waals surface area contributed by atoms with Gasteiger partial charge in [-0.15, -0.1) is 0 Å². The third-order valence-electron chi connectivity index (χ3n) is 3.20. The zero-order chi connectivity index (χ0) is 14.5. The summed E-state index contributed by atoms with van der Waals surface area (Å²) in [5, 5.41) is 4.71. The van der Waals surface area contributed by atoms with Crippen LogP contribution >= 0.6 is 23.2 Å². The molecule has 0 saturated carbocycles. The van der Waals surface area contributed by atoms with Gasteiger partial charge in [-0.05, 0) is 66.9 Å². The second kappa shape index (κ2) is 7.07. The Labute approximate surface area is 128 Å². The summed E-state index contributed by atoms with van der Waals surface area (Å²) in [4.78, 5) is 0. The molecule has 1 N–H and O–H groups in total. The van der Waals surface area contributed by atoms with Gasteiger partial charge in [0.05, 0.1) is 0 Å². The van der Waals surface area contributed by atoms with Gasteiger partial charge in [-0.3, -0.25) is 0 Å². The van der Waals surface area contributed by atoms with Crippen LogP contribution in [0.25, 0.3) is 0 Å². The molecule has 0 spiro atoms. The van der Waals surface area contributed by atoms with Crippen molar-refractivity contribution in [3.05, 3.63) is 69.0 Å². The summed E-state index contributed by atoms with van der Waals surface area (Å²) in [6.07, 6.45) is 0.851. The quantitative estimate of drug-likeness (QED) is 0.784. The van der Waals surface area contributed by atoms with Crippen molar-refractivity contribution in [1.82, 2.24) is 5.32 Å². The number of hydrogen-bond donors (Lipinski definition) is 1. The maximum absolute atomic E-state index is 13.0. The minimum Gasteiger partial charge on any atom is -0.312 e. The Balaban J connectivity index is 1.86. The Kier molecular flexibility index (Phi) is 5.41. The molecular weight excluding hydrogens is 296 g/mol. The van der Waals surface area contributed by atoms with Crippen LogP contribution in [0.2, 0.25) is 10.0 Å². The number of aryl methyl sites for hydroxylation is 1. The van der Waals surface area contributed by atoms with Gasteiger partial charge in [0.2, 0.25) is 0 Å². The fraction of sp³-hybridized carbons (Fsp3) is 0.250. The summed E-state index contributed by atoms with van der Waals surface area (Å²) in [6, 6.07) is 10.3. The van der Waals surface area contributed by atoms with E-state index >= 15 is 0 Å². The Morgan fingerprint density at radius 3 is 2.60 bits per heavy atom. The van der Waals surface area contributed by atoms with Gasteiger partial charge in [-0.2, -0.15) is 0 Å². The fourth-order valence-corrected chi connectivity index (χ4v) is 2.44. The van der Waals surface area contributed by atoms with Crippen molar-refractivity contribution in [3.8, 4) is 0 Å². The van der Waals surface area contributed by atoms with Crippen LogP contribution in [0.3, 0.4) is 0 Å². The van der Waals surface area contributed by atoms with Crippen molar-refractivity contribution < 1.29 is 4.39 Å². The van der Waals surface area contributed by atoms with Crippen LogP contribution in [-0.4, -0.2) is 6.54 Å². The van der Waals surface area contributed by atoms with Crippen molar-refractivity contribution in [2.75, 3.05) is 6.54 Å². The van der Waals surface area contributed by atoms with E-state index in [2.05, 4.69) is 5.32 Å². The van der Waals surface area contributed by atoms with E-state index in [-0.39, 0.29) is 5.82 Å². The second-order valence-corrected chi connectivity index (χ2v) is 5.58. The normalized spacial score (nSPS) is 10.8. The minimum atomic E-state index is -0.190. The topological polar surface area (TPSA) is 12.0 Å². The lowest BCUT2D eigenvalue weighted by Crippen LogP contribution is -2.17. The molecule has 0 saturated heterocycles. The molecule has 0 amide bonds. The number of benzene rings is 2. The van der Waals surface area contributed by atoms with E-state index in [4.69, 9.17) is 23.2 Å². The van der Waals surface area contributed by atoms with E-state index in [1.54, 1.807) is 18.2 Å². The summed E-state index contributed by atoms with van der Waals surface area (Å²) in [7, 11) is 0. The average Bonchev–Trinajstić information content (AvgIpc) is 2.40. The molecule has 2 aromatic carbocycles. The molecule has 0 aliphatic heterocycles. The zero-order valence-corrected chi connectivity index (χ0v) is 12.7. The summed E-state index contributed by atoms with van der Waals surface area (Å²) in [5.41, 5.74) is 3.11. The molecule has 0 aromatic heterocycles. The van der Waals surface area contributed by atoms with Gasteiger partial charge < -0.3 is 5.32 Å². The molecule has 0 fully saturated rings. The molecule has 0 unspecified atom stereocenters. The number of hydrogen-bond acceptors (Lipinski definition) is 1. The van der Waals surface area contributed by atoms with E-state index < -0.39 is 0 Å². The molecule has 4 heteroatoms. The van der Waals surface area contributed by atoms with Crippen LogP contribution in [0.4, 0.5) is 4.39 Å². The highest BCUT2D eigenvalue weighted by Crippen LogP contribution is 2.20. The van der Waals surface area contributed by atoms with Crippen molar-refractivity contribution in [3.63, 3.8) is 0 Å². The van der Waals surface area contributed by atoms with E-state index in [1.807, 2.05) is 19.1 Å². The van der Waals surface area contributed by atoms with E-state index in [0.717, 1.165) is 29.7 Å². The van der Waals surface area contributed by atoms with Gasteiger partial charge in [0.25, 0.3) is 0 Å². The smallest absolute Gasteiger partial charge is 0.123 e. The summed E-state index contributed by atoms with van der Waals surface area (Å²) < 4.78 is 13.0. The average molecular weight is 312 g/mol. The van der Waals surface area contributed by atoms with Gasteiger partial charge in [-0.1, -0.05) is 29.3 Å². The van der Waals surface area contributed by atoms with E-state index in [9.17, 15) is 4.39 Å². The first-order valence-corrected chi connectivity index (χ1v) is 7.21. The standard InChI is InChI=1S/C16H16Cl2FN/c1-11-8-15(19)4-2-12(11)6-7-20-10-13-9-14(17)3-5-16(13)18/h2-5,8-9,20H,6-7,10H2,1H3. The molecule has 2 aromatic rings. The molecule has 0 bridgehead atoms. The largest absolute Gasteiger partial charge is 0.312 e. The highest BCUT2D eigenvalue weighted by molar-refractivity contribution is 6.33. The lowest BCUT2D eigenvalue weighted by molar-refractivity contribution is 0.624. The summed E-state index contributed by atoms with van der Waals surface area (Å²) in [5.74, 6) is -0.190. The molecule has 106 valence electrons. The highest BCUT2D eigenvalue weighted by Gasteiger charge is 2.02. The van der Waals surface area contributed by atoms with Crippen molar-refractivity contribution in [2.24, 2.45) is 0 Å². The molecular formula is C16H16Cl2FN. The zero-order valence-electron chi connectivity index (χ0n) is 11.2. The summed E-state index contributed by atoms with van der Waals surface area (Å²) >= 11 is 12.0.